The van der Waals surface area contributed by atoms with Crippen molar-refractivity contribution in [2.24, 2.45) is 0 Å². The summed E-state index contributed by atoms with van der Waals surface area (Å²) in [6.45, 7) is 2.60. The topological polar surface area (TPSA) is 59.6 Å². The summed E-state index contributed by atoms with van der Waals surface area (Å²) in [6.07, 6.45) is 3.17. The average Bonchev–Trinajstić information content (AvgIpc) is 2.53. The Bertz CT molecular complexity index is 445. The minimum absolute atomic E-state index is 0.0483. The normalized spacial score (nSPS) is 18.4. The van der Waals surface area contributed by atoms with Crippen LogP contribution in [0, 0.1) is 0 Å². The predicted octanol–water partition coefficient (Wildman–Crippen LogP) is 1.93. The molecule has 1 fully saturated rings. The van der Waals surface area contributed by atoms with Crippen molar-refractivity contribution in [1.82, 2.24) is 5.32 Å². The molecule has 0 bridgehead atoms. The predicted molar refractivity (Wildman–Crippen MR) is 82.2 cm³/mol. The van der Waals surface area contributed by atoms with Crippen molar-refractivity contribution in [1.29, 1.82) is 0 Å². The van der Waals surface area contributed by atoms with Crippen LogP contribution in [0.4, 0.5) is 5.69 Å². The van der Waals surface area contributed by atoms with Crippen molar-refractivity contribution in [3.8, 4) is 0 Å². The van der Waals surface area contributed by atoms with E-state index in [1.807, 2.05) is 24.3 Å². The van der Waals surface area contributed by atoms with Gasteiger partial charge in [-0.3, -0.25) is 4.79 Å². The molecule has 1 aromatic carbocycles. The fraction of sp³-hybridized carbons (Fsp3) is 0.562. The fourth-order valence-electron chi connectivity index (χ4n) is 2.38. The van der Waals surface area contributed by atoms with Gasteiger partial charge in [-0.05, 0) is 37.1 Å². The summed E-state index contributed by atoms with van der Waals surface area (Å²) in [6, 6.07) is 7.70. The van der Waals surface area contributed by atoms with Crippen LogP contribution in [0.15, 0.2) is 24.3 Å². The second kappa shape index (κ2) is 8.77. The van der Waals surface area contributed by atoms with Gasteiger partial charge in [-0.25, -0.2) is 0 Å². The summed E-state index contributed by atoms with van der Waals surface area (Å²) in [5, 5.41) is 6.22. The second-order valence-electron chi connectivity index (χ2n) is 5.24. The van der Waals surface area contributed by atoms with Gasteiger partial charge in [-0.15, -0.1) is 0 Å². The molecule has 0 spiro atoms. The van der Waals surface area contributed by atoms with E-state index in [-0.39, 0.29) is 11.9 Å². The van der Waals surface area contributed by atoms with E-state index in [0.717, 1.165) is 37.1 Å². The zero-order chi connectivity index (χ0) is 14.9. The van der Waals surface area contributed by atoms with Crippen LogP contribution in [0.2, 0.25) is 0 Å². The lowest BCUT2D eigenvalue weighted by atomic mass is 10.0. The monoisotopic (exact) mass is 292 g/mol. The number of carbonyl (C=O) groups excluding carboxylic acids is 1. The summed E-state index contributed by atoms with van der Waals surface area (Å²) >= 11 is 0. The Hall–Kier alpha value is -1.43. The molecule has 0 aromatic heterocycles. The Labute approximate surface area is 126 Å². The van der Waals surface area contributed by atoms with Crippen LogP contribution in [0.3, 0.4) is 0 Å². The van der Waals surface area contributed by atoms with Crippen LogP contribution in [-0.2, 0) is 20.9 Å². The number of ether oxygens (including phenoxy) is 2. The summed E-state index contributed by atoms with van der Waals surface area (Å²) in [5.74, 6) is 0.0483. The lowest BCUT2D eigenvalue weighted by Gasteiger charge is -2.22. The third-order valence-electron chi connectivity index (χ3n) is 3.52. The maximum atomic E-state index is 12.2. The lowest BCUT2D eigenvalue weighted by Crippen LogP contribution is -2.43. The molecular weight excluding hydrogens is 268 g/mol. The average molecular weight is 292 g/mol. The Morgan fingerprint density at radius 3 is 3.05 bits per heavy atom. The van der Waals surface area contributed by atoms with Gasteiger partial charge >= 0.3 is 0 Å². The largest absolute Gasteiger partial charge is 0.382 e. The Balaban J connectivity index is 1.83. The Morgan fingerprint density at radius 1 is 1.38 bits per heavy atom. The molecule has 1 amide bonds. The quantitative estimate of drug-likeness (QED) is 0.754. The van der Waals surface area contributed by atoms with Crippen molar-refractivity contribution >= 4 is 11.6 Å². The van der Waals surface area contributed by atoms with E-state index in [2.05, 4.69) is 10.6 Å². The Kier molecular flexibility index (Phi) is 6.66. The number of hydrogen-bond acceptors (Lipinski definition) is 4. The highest BCUT2D eigenvalue weighted by Crippen LogP contribution is 2.14. The maximum absolute atomic E-state index is 12.2. The molecule has 1 heterocycles. The van der Waals surface area contributed by atoms with Crippen LogP contribution >= 0.6 is 0 Å². The van der Waals surface area contributed by atoms with E-state index in [0.29, 0.717) is 19.8 Å². The van der Waals surface area contributed by atoms with Gasteiger partial charge < -0.3 is 20.1 Å². The molecule has 2 N–H and O–H groups in total. The van der Waals surface area contributed by atoms with Gasteiger partial charge in [0.25, 0.3) is 0 Å². The molecule has 5 nitrogen and oxygen atoms in total. The van der Waals surface area contributed by atoms with Gasteiger partial charge in [0.15, 0.2) is 0 Å². The molecule has 1 saturated heterocycles. The van der Waals surface area contributed by atoms with Gasteiger partial charge in [-0.2, -0.15) is 0 Å². The van der Waals surface area contributed by atoms with E-state index in [1.165, 1.54) is 0 Å². The summed E-state index contributed by atoms with van der Waals surface area (Å²) in [7, 11) is 1.65. The van der Waals surface area contributed by atoms with Crippen LogP contribution < -0.4 is 10.6 Å². The lowest BCUT2D eigenvalue weighted by molar-refractivity contribution is -0.118. The van der Waals surface area contributed by atoms with Crippen molar-refractivity contribution in [2.75, 3.05) is 32.2 Å². The number of benzene rings is 1. The molecule has 0 radical (unpaired) electrons. The zero-order valence-electron chi connectivity index (χ0n) is 12.6. The molecule has 1 aromatic rings. The van der Waals surface area contributed by atoms with E-state index < -0.39 is 0 Å². The number of carbonyl (C=O) groups is 1. The summed E-state index contributed by atoms with van der Waals surface area (Å²) in [4.78, 5) is 12.2. The number of anilines is 1. The number of piperidine rings is 1. The molecule has 1 atom stereocenters. The number of rotatable bonds is 7. The van der Waals surface area contributed by atoms with Crippen molar-refractivity contribution in [2.45, 2.75) is 31.9 Å². The van der Waals surface area contributed by atoms with E-state index in [9.17, 15) is 4.79 Å². The van der Waals surface area contributed by atoms with Crippen molar-refractivity contribution in [3.05, 3.63) is 29.8 Å². The zero-order valence-corrected chi connectivity index (χ0v) is 12.6. The van der Waals surface area contributed by atoms with Crippen LogP contribution in [-0.4, -0.2) is 38.8 Å². The molecule has 0 aliphatic carbocycles. The standard InChI is InChI=1S/C16H24N2O3/c1-20-9-10-21-12-13-5-4-6-14(11-13)18-16(19)15-7-2-3-8-17-15/h4-6,11,15,17H,2-3,7-10,12H2,1H3,(H,18,19)/t15-/m0/s1. The van der Waals surface area contributed by atoms with E-state index >= 15 is 0 Å². The third kappa shape index (κ3) is 5.46. The minimum Gasteiger partial charge on any atom is -0.382 e. The maximum Gasteiger partial charge on any atom is 0.241 e. The third-order valence-corrected chi connectivity index (χ3v) is 3.52. The molecule has 21 heavy (non-hydrogen) atoms. The van der Waals surface area contributed by atoms with Gasteiger partial charge in [0.05, 0.1) is 25.9 Å². The molecule has 1 aliphatic heterocycles. The molecule has 116 valence electrons. The smallest absolute Gasteiger partial charge is 0.241 e. The highest BCUT2D eigenvalue weighted by atomic mass is 16.5. The highest BCUT2D eigenvalue weighted by molar-refractivity contribution is 5.94. The molecule has 0 saturated carbocycles. The summed E-state index contributed by atoms with van der Waals surface area (Å²) in [5.41, 5.74) is 1.86. The van der Waals surface area contributed by atoms with E-state index in [4.69, 9.17) is 9.47 Å². The first-order chi connectivity index (χ1) is 10.3. The number of amides is 1. The van der Waals surface area contributed by atoms with Crippen molar-refractivity contribution in [3.63, 3.8) is 0 Å². The molecule has 5 heteroatoms. The van der Waals surface area contributed by atoms with Gasteiger partial charge in [0.2, 0.25) is 5.91 Å². The highest BCUT2D eigenvalue weighted by Gasteiger charge is 2.20. The number of hydrogen-bond donors (Lipinski definition) is 2. The molecule has 1 aliphatic rings. The summed E-state index contributed by atoms with van der Waals surface area (Å²) < 4.78 is 10.4. The number of methoxy groups -OCH3 is 1. The fourth-order valence-corrected chi connectivity index (χ4v) is 2.38. The van der Waals surface area contributed by atoms with Crippen molar-refractivity contribution < 1.29 is 14.3 Å². The Morgan fingerprint density at radius 2 is 2.29 bits per heavy atom. The van der Waals surface area contributed by atoms with Crippen LogP contribution in [0.25, 0.3) is 0 Å². The first-order valence-corrected chi connectivity index (χ1v) is 7.49. The van der Waals surface area contributed by atoms with Crippen LogP contribution in [0.5, 0.6) is 0 Å². The van der Waals surface area contributed by atoms with Gasteiger partial charge in [-0.1, -0.05) is 18.6 Å². The first-order valence-electron chi connectivity index (χ1n) is 7.49. The number of nitrogens with one attached hydrogen (secondary N) is 2. The van der Waals surface area contributed by atoms with Gasteiger partial charge in [0.1, 0.15) is 0 Å². The SMILES string of the molecule is COCCOCc1cccc(NC(=O)[C@@H]2CCCCN2)c1. The molecule has 2 rings (SSSR count). The molecule has 0 unspecified atom stereocenters. The van der Waals surface area contributed by atoms with Gasteiger partial charge in [0, 0.05) is 12.8 Å². The molecular formula is C16H24N2O3. The second-order valence-corrected chi connectivity index (χ2v) is 5.24. The first kappa shape index (κ1) is 15.9. The minimum atomic E-state index is -0.0691. The van der Waals surface area contributed by atoms with Crippen LogP contribution in [0.1, 0.15) is 24.8 Å². The van der Waals surface area contributed by atoms with E-state index in [1.54, 1.807) is 7.11 Å².